The minimum atomic E-state index is -0.0699. The predicted molar refractivity (Wildman–Crippen MR) is 101 cm³/mol. The van der Waals surface area contributed by atoms with Crippen LogP contribution in [-0.4, -0.2) is 29.7 Å². The first-order valence-electron chi connectivity index (χ1n) is 9.00. The summed E-state index contributed by atoms with van der Waals surface area (Å²) >= 11 is 0. The van der Waals surface area contributed by atoms with Gasteiger partial charge in [0.2, 0.25) is 0 Å². The van der Waals surface area contributed by atoms with E-state index >= 15 is 0 Å². The lowest BCUT2D eigenvalue weighted by atomic mass is 10.0. The molecule has 0 N–H and O–H groups in total. The Bertz CT molecular complexity index is 1130. The maximum Gasteiger partial charge on any atom is 0.275 e. The van der Waals surface area contributed by atoms with E-state index < -0.39 is 0 Å². The van der Waals surface area contributed by atoms with Gasteiger partial charge in [0, 0.05) is 31.3 Å². The molecule has 0 bridgehead atoms. The van der Waals surface area contributed by atoms with Crippen molar-refractivity contribution in [2.24, 2.45) is 0 Å². The van der Waals surface area contributed by atoms with E-state index in [-0.39, 0.29) is 11.9 Å². The van der Waals surface area contributed by atoms with Crippen LogP contribution in [0.15, 0.2) is 67.3 Å². The third-order valence-corrected chi connectivity index (χ3v) is 5.12. The monoisotopic (exact) mass is 357 g/mol. The van der Waals surface area contributed by atoms with E-state index in [1.165, 1.54) is 0 Å². The summed E-state index contributed by atoms with van der Waals surface area (Å²) in [6.07, 6.45) is 7.56. The molecule has 0 fully saturated rings. The summed E-state index contributed by atoms with van der Waals surface area (Å²) in [5, 5.41) is 0. The molecular formula is C21H19N5O. The average molecular weight is 357 g/mol. The lowest BCUT2D eigenvalue weighted by molar-refractivity contribution is 0.0579. The van der Waals surface area contributed by atoms with Crippen molar-refractivity contribution < 1.29 is 4.79 Å². The van der Waals surface area contributed by atoms with E-state index in [2.05, 4.69) is 26.7 Å². The number of amides is 1. The second-order valence-electron chi connectivity index (χ2n) is 6.95. The highest BCUT2D eigenvalue weighted by molar-refractivity contribution is 5.93. The highest BCUT2D eigenvalue weighted by Crippen LogP contribution is 2.30. The molecule has 0 saturated heterocycles. The van der Waals surface area contributed by atoms with Crippen LogP contribution >= 0.6 is 0 Å². The van der Waals surface area contributed by atoms with Gasteiger partial charge >= 0.3 is 0 Å². The summed E-state index contributed by atoms with van der Waals surface area (Å²) in [5.74, 6) is 0.828. The Kier molecular flexibility index (Phi) is 3.57. The molecule has 1 aliphatic heterocycles. The van der Waals surface area contributed by atoms with Crippen molar-refractivity contribution in [3.8, 4) is 0 Å². The molecule has 0 spiro atoms. The molecule has 6 nitrogen and oxygen atoms in total. The highest BCUT2D eigenvalue weighted by Gasteiger charge is 2.33. The molecular weight excluding hydrogens is 338 g/mol. The number of hydrogen-bond donors (Lipinski definition) is 0. The van der Waals surface area contributed by atoms with Crippen molar-refractivity contribution in [1.29, 1.82) is 0 Å². The van der Waals surface area contributed by atoms with Crippen molar-refractivity contribution >= 4 is 11.6 Å². The molecule has 4 heterocycles. The Labute approximate surface area is 156 Å². The van der Waals surface area contributed by atoms with Crippen molar-refractivity contribution in [3.63, 3.8) is 0 Å². The zero-order chi connectivity index (χ0) is 18.4. The summed E-state index contributed by atoms with van der Waals surface area (Å²) in [4.78, 5) is 24.2. The minimum absolute atomic E-state index is 0.0491. The Hall–Kier alpha value is -3.41. The molecule has 1 amide bonds. The molecule has 1 atom stereocenters. The number of hydrogen-bond acceptors (Lipinski definition) is 3. The van der Waals surface area contributed by atoms with E-state index in [0.717, 1.165) is 22.6 Å². The van der Waals surface area contributed by atoms with Crippen molar-refractivity contribution in [2.45, 2.75) is 26.1 Å². The molecule has 5 rings (SSSR count). The molecule has 0 unspecified atom stereocenters. The van der Waals surface area contributed by atoms with Crippen molar-refractivity contribution in [3.05, 3.63) is 89.9 Å². The average Bonchev–Trinajstić information content (AvgIpc) is 3.32. The number of carbonyl (C=O) groups excluding carboxylic acids is 1. The molecule has 0 saturated carbocycles. The first-order chi connectivity index (χ1) is 13.2. The van der Waals surface area contributed by atoms with Gasteiger partial charge in [0.25, 0.3) is 5.91 Å². The number of carbonyl (C=O) groups is 1. The van der Waals surface area contributed by atoms with Gasteiger partial charge in [-0.1, -0.05) is 36.4 Å². The molecule has 4 aromatic rings. The van der Waals surface area contributed by atoms with Gasteiger partial charge in [0.05, 0.1) is 12.6 Å². The summed E-state index contributed by atoms with van der Waals surface area (Å²) in [5.41, 5.74) is 3.48. The van der Waals surface area contributed by atoms with Gasteiger partial charge in [-0.05, 0) is 24.1 Å². The topological polar surface area (TPSA) is 55.4 Å². The van der Waals surface area contributed by atoms with E-state index in [4.69, 9.17) is 0 Å². The summed E-state index contributed by atoms with van der Waals surface area (Å²) in [6.45, 7) is 3.19. The zero-order valence-corrected chi connectivity index (χ0v) is 15.0. The molecule has 0 radical (unpaired) electrons. The zero-order valence-electron chi connectivity index (χ0n) is 15.0. The van der Waals surface area contributed by atoms with Crippen LogP contribution in [0.25, 0.3) is 5.65 Å². The third-order valence-electron chi connectivity index (χ3n) is 5.12. The van der Waals surface area contributed by atoms with Crippen LogP contribution in [0.4, 0.5) is 0 Å². The Morgan fingerprint density at radius 3 is 2.81 bits per heavy atom. The number of aromatic nitrogens is 4. The van der Waals surface area contributed by atoms with Gasteiger partial charge in [-0.2, -0.15) is 0 Å². The largest absolute Gasteiger partial charge is 0.331 e. The summed E-state index contributed by atoms with van der Waals surface area (Å²) in [6, 6.07) is 14.0. The number of aryl methyl sites for hydroxylation is 1. The van der Waals surface area contributed by atoms with Gasteiger partial charge in [-0.3, -0.25) is 4.79 Å². The normalized spacial score (nSPS) is 16.5. The van der Waals surface area contributed by atoms with E-state index in [1.54, 1.807) is 6.20 Å². The van der Waals surface area contributed by atoms with Crippen molar-refractivity contribution in [1.82, 2.24) is 23.8 Å². The number of rotatable bonds is 2. The number of benzene rings is 1. The van der Waals surface area contributed by atoms with Crippen molar-refractivity contribution in [2.75, 3.05) is 0 Å². The predicted octanol–water partition coefficient (Wildman–Crippen LogP) is 3.24. The molecule has 1 aromatic carbocycles. The highest BCUT2D eigenvalue weighted by atomic mass is 16.2. The van der Waals surface area contributed by atoms with Gasteiger partial charge in [-0.15, -0.1) is 0 Å². The van der Waals surface area contributed by atoms with Crippen LogP contribution < -0.4 is 0 Å². The van der Waals surface area contributed by atoms with E-state index in [0.29, 0.717) is 18.8 Å². The standard InChI is InChI=1S/C21H19N5O/c1-15-7-8-19-23-17(12-25(19)11-15)21(27)26-14-20-22-9-10-24(20)13-18(26)16-5-3-2-4-6-16/h2-12,18H,13-14H2,1H3/t18-/m1/s1. The van der Waals surface area contributed by atoms with Crippen LogP contribution in [0.1, 0.15) is 33.5 Å². The fraction of sp³-hybridized carbons (Fsp3) is 0.190. The Morgan fingerprint density at radius 1 is 1.11 bits per heavy atom. The quantitative estimate of drug-likeness (QED) is 0.553. The smallest absolute Gasteiger partial charge is 0.275 e. The molecule has 0 aliphatic carbocycles. The van der Waals surface area contributed by atoms with Gasteiger partial charge in [0.1, 0.15) is 17.2 Å². The number of imidazole rings is 2. The van der Waals surface area contributed by atoms with Crippen LogP contribution in [-0.2, 0) is 13.1 Å². The summed E-state index contributed by atoms with van der Waals surface area (Å²) < 4.78 is 4.03. The molecule has 1 aliphatic rings. The van der Waals surface area contributed by atoms with Gasteiger partial charge in [-0.25, -0.2) is 9.97 Å². The number of pyridine rings is 1. The Morgan fingerprint density at radius 2 is 1.96 bits per heavy atom. The third kappa shape index (κ3) is 2.70. The first kappa shape index (κ1) is 15.8. The molecule has 134 valence electrons. The van der Waals surface area contributed by atoms with E-state index in [9.17, 15) is 4.79 Å². The van der Waals surface area contributed by atoms with Gasteiger partial charge < -0.3 is 13.9 Å². The second kappa shape index (κ2) is 6.09. The lowest BCUT2D eigenvalue weighted by Crippen LogP contribution is -2.41. The fourth-order valence-corrected chi connectivity index (χ4v) is 3.73. The maximum absolute atomic E-state index is 13.4. The SMILES string of the molecule is Cc1ccc2nc(C(=O)N3Cc4nccn4C[C@@H]3c3ccccc3)cn2c1. The number of fused-ring (bicyclic) bond motifs is 2. The van der Waals surface area contributed by atoms with E-state index in [1.807, 2.05) is 65.1 Å². The maximum atomic E-state index is 13.4. The second-order valence-corrected chi connectivity index (χ2v) is 6.95. The molecule has 6 heteroatoms. The number of nitrogens with zero attached hydrogens (tertiary/aromatic N) is 5. The fourth-order valence-electron chi connectivity index (χ4n) is 3.73. The van der Waals surface area contributed by atoms with Gasteiger partial charge in [0.15, 0.2) is 0 Å². The summed E-state index contributed by atoms with van der Waals surface area (Å²) in [7, 11) is 0. The van der Waals surface area contributed by atoms with Crippen LogP contribution in [0.5, 0.6) is 0 Å². The van der Waals surface area contributed by atoms with Crippen LogP contribution in [0.3, 0.4) is 0 Å². The molecule has 27 heavy (non-hydrogen) atoms. The first-order valence-corrected chi connectivity index (χ1v) is 9.00. The Balaban J connectivity index is 1.56. The molecule has 3 aromatic heterocycles. The van der Waals surface area contributed by atoms with Crippen LogP contribution in [0.2, 0.25) is 0 Å². The minimum Gasteiger partial charge on any atom is -0.331 e. The van der Waals surface area contributed by atoms with Crippen LogP contribution in [0, 0.1) is 6.92 Å². The lowest BCUT2D eigenvalue weighted by Gasteiger charge is -2.36.